The number of benzene rings is 2. The molecule has 4 nitrogen and oxygen atoms in total. The molecule has 3 rings (SSSR count). The van der Waals surface area contributed by atoms with Gasteiger partial charge < -0.3 is 14.9 Å². The van der Waals surface area contributed by atoms with Crippen LogP contribution in [0.4, 0.5) is 5.88 Å². The molecule has 106 valence electrons. The SMILES string of the molecule is CCOc1cccc2c(C(=O)c3ccccc3)c(N)oc12. The highest BCUT2D eigenvalue weighted by molar-refractivity contribution is 6.19. The number of carbonyl (C=O) groups is 1. The van der Waals surface area contributed by atoms with Gasteiger partial charge in [0, 0.05) is 10.9 Å². The van der Waals surface area contributed by atoms with Crippen LogP contribution in [0.1, 0.15) is 22.8 Å². The number of hydrogen-bond acceptors (Lipinski definition) is 4. The van der Waals surface area contributed by atoms with Gasteiger partial charge in [-0.2, -0.15) is 0 Å². The van der Waals surface area contributed by atoms with Gasteiger partial charge in [0.15, 0.2) is 17.1 Å². The Morgan fingerprint density at radius 2 is 1.90 bits per heavy atom. The molecule has 0 unspecified atom stereocenters. The lowest BCUT2D eigenvalue weighted by molar-refractivity contribution is 0.104. The topological polar surface area (TPSA) is 65.5 Å². The Hall–Kier alpha value is -2.75. The summed E-state index contributed by atoms with van der Waals surface area (Å²) >= 11 is 0. The Bertz CT molecular complexity index is 790. The van der Waals surface area contributed by atoms with Crippen molar-refractivity contribution in [3.05, 3.63) is 59.7 Å². The number of nitrogens with two attached hydrogens (primary N) is 1. The van der Waals surface area contributed by atoms with Crippen LogP contribution >= 0.6 is 0 Å². The average molecular weight is 281 g/mol. The monoisotopic (exact) mass is 281 g/mol. The lowest BCUT2D eigenvalue weighted by Gasteiger charge is -2.03. The lowest BCUT2D eigenvalue weighted by atomic mass is 10.0. The molecule has 0 spiro atoms. The van der Waals surface area contributed by atoms with Gasteiger partial charge in [-0.25, -0.2) is 0 Å². The van der Waals surface area contributed by atoms with Crippen LogP contribution in [0.25, 0.3) is 11.0 Å². The van der Waals surface area contributed by atoms with Crippen LogP contribution in [0.3, 0.4) is 0 Å². The van der Waals surface area contributed by atoms with Crippen LogP contribution in [0.15, 0.2) is 52.9 Å². The molecule has 0 aliphatic carbocycles. The number of ketones is 1. The summed E-state index contributed by atoms with van der Waals surface area (Å²) in [6, 6.07) is 14.4. The summed E-state index contributed by atoms with van der Waals surface area (Å²) in [5.41, 5.74) is 7.39. The first kappa shape index (κ1) is 13.2. The smallest absolute Gasteiger partial charge is 0.203 e. The van der Waals surface area contributed by atoms with E-state index in [4.69, 9.17) is 14.9 Å². The van der Waals surface area contributed by atoms with Crippen molar-refractivity contribution in [1.29, 1.82) is 0 Å². The number of para-hydroxylation sites is 1. The Balaban J connectivity index is 2.17. The molecule has 0 aliphatic rings. The van der Waals surface area contributed by atoms with E-state index in [1.165, 1.54) is 0 Å². The van der Waals surface area contributed by atoms with E-state index in [0.29, 0.717) is 34.5 Å². The molecule has 1 aromatic heterocycles. The van der Waals surface area contributed by atoms with Gasteiger partial charge in [0.05, 0.1) is 12.2 Å². The Morgan fingerprint density at radius 3 is 2.62 bits per heavy atom. The maximum Gasteiger partial charge on any atom is 0.203 e. The predicted octanol–water partition coefficient (Wildman–Crippen LogP) is 3.64. The number of nitrogen functional groups attached to an aromatic ring is 1. The zero-order valence-electron chi connectivity index (χ0n) is 11.6. The molecule has 21 heavy (non-hydrogen) atoms. The first-order valence-corrected chi connectivity index (χ1v) is 6.76. The van der Waals surface area contributed by atoms with Gasteiger partial charge in [0.1, 0.15) is 0 Å². The molecule has 2 aromatic carbocycles. The Morgan fingerprint density at radius 1 is 1.14 bits per heavy atom. The molecule has 0 bridgehead atoms. The number of anilines is 1. The average Bonchev–Trinajstić information content (AvgIpc) is 2.85. The summed E-state index contributed by atoms with van der Waals surface area (Å²) in [4.78, 5) is 12.6. The zero-order chi connectivity index (χ0) is 14.8. The number of carbonyl (C=O) groups excluding carboxylic acids is 1. The third kappa shape index (κ3) is 2.25. The van der Waals surface area contributed by atoms with Gasteiger partial charge in [-0.1, -0.05) is 42.5 Å². The van der Waals surface area contributed by atoms with Gasteiger partial charge in [-0.15, -0.1) is 0 Å². The minimum Gasteiger partial charge on any atom is -0.490 e. The van der Waals surface area contributed by atoms with Crippen molar-refractivity contribution in [3.63, 3.8) is 0 Å². The zero-order valence-corrected chi connectivity index (χ0v) is 11.6. The molecule has 4 heteroatoms. The fourth-order valence-corrected chi connectivity index (χ4v) is 2.35. The number of hydrogen-bond donors (Lipinski definition) is 1. The van der Waals surface area contributed by atoms with Crippen LogP contribution < -0.4 is 10.5 Å². The van der Waals surface area contributed by atoms with Crippen molar-refractivity contribution in [3.8, 4) is 5.75 Å². The first-order valence-electron chi connectivity index (χ1n) is 6.76. The lowest BCUT2D eigenvalue weighted by Crippen LogP contribution is -2.03. The molecular weight excluding hydrogens is 266 g/mol. The Labute approximate surface area is 122 Å². The highest BCUT2D eigenvalue weighted by atomic mass is 16.5. The van der Waals surface area contributed by atoms with E-state index in [2.05, 4.69) is 0 Å². The van der Waals surface area contributed by atoms with Crippen LogP contribution in [-0.2, 0) is 0 Å². The van der Waals surface area contributed by atoms with E-state index in [-0.39, 0.29) is 11.7 Å². The summed E-state index contributed by atoms with van der Waals surface area (Å²) in [6.45, 7) is 2.41. The van der Waals surface area contributed by atoms with Gasteiger partial charge in [0.25, 0.3) is 0 Å². The predicted molar refractivity (Wildman–Crippen MR) is 81.7 cm³/mol. The molecule has 3 aromatic rings. The van der Waals surface area contributed by atoms with Crippen molar-refractivity contribution >= 4 is 22.6 Å². The first-order chi connectivity index (χ1) is 10.2. The third-order valence-electron chi connectivity index (χ3n) is 3.27. The van der Waals surface area contributed by atoms with Gasteiger partial charge >= 0.3 is 0 Å². The van der Waals surface area contributed by atoms with Gasteiger partial charge in [-0.3, -0.25) is 4.79 Å². The van der Waals surface area contributed by atoms with E-state index >= 15 is 0 Å². The molecule has 0 amide bonds. The molecule has 0 aliphatic heterocycles. The summed E-state index contributed by atoms with van der Waals surface area (Å²) in [6.07, 6.45) is 0. The van der Waals surface area contributed by atoms with Gasteiger partial charge in [0.2, 0.25) is 5.88 Å². The van der Waals surface area contributed by atoms with Gasteiger partial charge in [-0.05, 0) is 13.0 Å². The van der Waals surface area contributed by atoms with Crippen LogP contribution in [-0.4, -0.2) is 12.4 Å². The number of furan rings is 1. The quantitative estimate of drug-likeness (QED) is 0.741. The maximum atomic E-state index is 12.6. The maximum absolute atomic E-state index is 12.6. The van der Waals surface area contributed by atoms with E-state index in [0.717, 1.165) is 0 Å². The highest BCUT2D eigenvalue weighted by Crippen LogP contribution is 2.35. The normalized spacial score (nSPS) is 10.7. The van der Waals surface area contributed by atoms with Crippen molar-refractivity contribution < 1.29 is 13.9 Å². The molecular formula is C17H15NO3. The highest BCUT2D eigenvalue weighted by Gasteiger charge is 2.22. The van der Waals surface area contributed by atoms with Crippen molar-refractivity contribution in [2.45, 2.75) is 6.92 Å². The fraction of sp³-hybridized carbons (Fsp3) is 0.118. The summed E-state index contributed by atoms with van der Waals surface area (Å²) in [5, 5.41) is 0.673. The second-order valence-electron chi connectivity index (χ2n) is 4.60. The van der Waals surface area contributed by atoms with Crippen molar-refractivity contribution in [2.24, 2.45) is 0 Å². The minimum atomic E-state index is -0.152. The van der Waals surface area contributed by atoms with Crippen LogP contribution in [0.5, 0.6) is 5.75 Å². The van der Waals surface area contributed by atoms with Crippen molar-refractivity contribution in [2.75, 3.05) is 12.3 Å². The number of fused-ring (bicyclic) bond motifs is 1. The van der Waals surface area contributed by atoms with Crippen LogP contribution in [0, 0.1) is 0 Å². The molecule has 1 heterocycles. The molecule has 0 atom stereocenters. The van der Waals surface area contributed by atoms with E-state index in [9.17, 15) is 4.79 Å². The summed E-state index contributed by atoms with van der Waals surface area (Å²) < 4.78 is 11.1. The molecule has 2 N–H and O–H groups in total. The fourth-order valence-electron chi connectivity index (χ4n) is 2.35. The minimum absolute atomic E-state index is 0.117. The molecule has 0 saturated heterocycles. The van der Waals surface area contributed by atoms with E-state index < -0.39 is 0 Å². The second kappa shape index (κ2) is 5.32. The molecule has 0 fully saturated rings. The Kier molecular flexibility index (Phi) is 3.36. The molecule has 0 radical (unpaired) electrons. The third-order valence-corrected chi connectivity index (χ3v) is 3.27. The molecule has 0 saturated carbocycles. The largest absolute Gasteiger partial charge is 0.490 e. The van der Waals surface area contributed by atoms with Crippen molar-refractivity contribution in [1.82, 2.24) is 0 Å². The summed E-state index contributed by atoms with van der Waals surface area (Å²) in [7, 11) is 0. The second-order valence-corrected chi connectivity index (χ2v) is 4.60. The van der Waals surface area contributed by atoms with E-state index in [1.807, 2.05) is 37.3 Å². The summed E-state index contributed by atoms with van der Waals surface area (Å²) in [5.74, 6) is 0.556. The number of ether oxygens (including phenoxy) is 1. The standard InChI is InChI=1S/C17H15NO3/c1-2-20-13-10-6-9-12-14(17(18)21-16(12)13)15(19)11-7-4-3-5-8-11/h3-10H,2,18H2,1H3. The van der Waals surface area contributed by atoms with Crippen LogP contribution in [0.2, 0.25) is 0 Å². The van der Waals surface area contributed by atoms with E-state index in [1.54, 1.807) is 18.2 Å². The number of rotatable bonds is 4.